The van der Waals surface area contributed by atoms with E-state index in [1.165, 1.54) is 37.7 Å². The largest absolute Gasteiger partial charge is 0.313 e. The molecule has 3 rings (SSSR count). The van der Waals surface area contributed by atoms with E-state index in [1.807, 2.05) is 4.68 Å². The van der Waals surface area contributed by atoms with Crippen molar-refractivity contribution in [3.63, 3.8) is 0 Å². The molecule has 3 heteroatoms. The highest BCUT2D eigenvalue weighted by Crippen LogP contribution is 2.49. The van der Waals surface area contributed by atoms with Gasteiger partial charge < -0.3 is 5.32 Å². The van der Waals surface area contributed by atoms with Gasteiger partial charge in [-0.2, -0.15) is 5.10 Å². The van der Waals surface area contributed by atoms with Crippen LogP contribution in [0.5, 0.6) is 0 Å². The molecule has 0 saturated heterocycles. The number of nitrogens with zero attached hydrogens (tertiary/aromatic N) is 2. The molecule has 2 bridgehead atoms. The van der Waals surface area contributed by atoms with E-state index in [1.54, 1.807) is 0 Å². The van der Waals surface area contributed by atoms with Gasteiger partial charge in [-0.1, -0.05) is 13.3 Å². The van der Waals surface area contributed by atoms with Gasteiger partial charge in [-0.15, -0.1) is 0 Å². The van der Waals surface area contributed by atoms with Crippen LogP contribution in [0.4, 0.5) is 0 Å². The molecule has 4 atom stereocenters. The lowest BCUT2D eigenvalue weighted by atomic mass is 9.81. The summed E-state index contributed by atoms with van der Waals surface area (Å²) in [7, 11) is 0. The molecule has 1 aromatic rings. The fraction of sp³-hybridized carbons (Fsp3) is 0.824. The fourth-order valence-corrected chi connectivity index (χ4v) is 4.43. The molecule has 20 heavy (non-hydrogen) atoms. The molecular weight excluding hydrogens is 246 g/mol. The third-order valence-corrected chi connectivity index (χ3v) is 5.43. The summed E-state index contributed by atoms with van der Waals surface area (Å²) in [6.45, 7) is 6.54. The normalized spacial score (nSPS) is 30.0. The minimum absolute atomic E-state index is 0.666. The predicted octanol–water partition coefficient (Wildman–Crippen LogP) is 3.25. The van der Waals surface area contributed by atoms with E-state index in [9.17, 15) is 0 Å². The van der Waals surface area contributed by atoms with Gasteiger partial charge in [0.1, 0.15) is 0 Å². The molecule has 112 valence electrons. The molecular formula is C17H29N3. The van der Waals surface area contributed by atoms with Gasteiger partial charge in [0.15, 0.2) is 0 Å². The van der Waals surface area contributed by atoms with Crippen LogP contribution < -0.4 is 5.32 Å². The minimum atomic E-state index is 0.666. The van der Waals surface area contributed by atoms with Gasteiger partial charge >= 0.3 is 0 Å². The first kappa shape index (κ1) is 14.1. The van der Waals surface area contributed by atoms with E-state index in [-0.39, 0.29) is 0 Å². The first-order chi connectivity index (χ1) is 9.80. The monoisotopic (exact) mass is 275 g/mol. The predicted molar refractivity (Wildman–Crippen MR) is 82.6 cm³/mol. The average molecular weight is 275 g/mol. The van der Waals surface area contributed by atoms with Crippen molar-refractivity contribution in [2.75, 3.05) is 6.54 Å². The van der Waals surface area contributed by atoms with Crippen molar-refractivity contribution >= 4 is 0 Å². The lowest BCUT2D eigenvalue weighted by molar-refractivity contribution is 0.247. The molecule has 0 radical (unpaired) electrons. The molecule has 0 aliphatic heterocycles. The van der Waals surface area contributed by atoms with Crippen LogP contribution in [0, 0.1) is 17.8 Å². The van der Waals surface area contributed by atoms with E-state index in [0.29, 0.717) is 6.04 Å². The van der Waals surface area contributed by atoms with Crippen molar-refractivity contribution in [3.8, 4) is 0 Å². The van der Waals surface area contributed by atoms with Crippen LogP contribution in [0.3, 0.4) is 0 Å². The van der Waals surface area contributed by atoms with Gasteiger partial charge in [-0.3, -0.25) is 4.68 Å². The molecule has 1 aromatic heterocycles. The van der Waals surface area contributed by atoms with Crippen LogP contribution in [-0.2, 0) is 13.0 Å². The first-order valence-electron chi connectivity index (χ1n) is 8.54. The third-order valence-electron chi connectivity index (χ3n) is 5.43. The molecule has 0 amide bonds. The molecule has 2 saturated carbocycles. The Morgan fingerprint density at radius 3 is 2.85 bits per heavy atom. The molecule has 0 aromatic carbocycles. The van der Waals surface area contributed by atoms with E-state index in [4.69, 9.17) is 0 Å². The lowest BCUT2D eigenvalue weighted by Crippen LogP contribution is -2.40. The minimum Gasteiger partial charge on any atom is -0.313 e. The Balaban J connectivity index is 1.66. The number of hydrogen-bond donors (Lipinski definition) is 1. The van der Waals surface area contributed by atoms with Crippen LogP contribution in [0.15, 0.2) is 12.4 Å². The number of aromatic nitrogens is 2. The second-order valence-corrected chi connectivity index (χ2v) is 6.81. The van der Waals surface area contributed by atoms with Crippen molar-refractivity contribution < 1.29 is 0 Å². The number of aryl methyl sites for hydroxylation is 1. The highest BCUT2D eigenvalue weighted by Gasteiger charge is 2.42. The quantitative estimate of drug-likeness (QED) is 0.828. The van der Waals surface area contributed by atoms with Crippen molar-refractivity contribution in [1.82, 2.24) is 15.1 Å². The van der Waals surface area contributed by atoms with E-state index in [0.717, 1.165) is 37.3 Å². The maximum Gasteiger partial charge on any atom is 0.0522 e. The second-order valence-electron chi connectivity index (χ2n) is 6.81. The van der Waals surface area contributed by atoms with Crippen molar-refractivity contribution in [1.29, 1.82) is 0 Å². The summed E-state index contributed by atoms with van der Waals surface area (Å²) in [5.74, 6) is 2.94. The molecule has 1 heterocycles. The zero-order chi connectivity index (χ0) is 13.9. The highest BCUT2D eigenvalue weighted by molar-refractivity contribution is 5.08. The van der Waals surface area contributed by atoms with Crippen LogP contribution in [-0.4, -0.2) is 22.4 Å². The SMILES string of the molecule is CCCNC(Cc1cnn(CC)c1)C1CC2CCC1C2. The fourth-order valence-electron chi connectivity index (χ4n) is 4.43. The van der Waals surface area contributed by atoms with Gasteiger partial charge in [0.2, 0.25) is 0 Å². The summed E-state index contributed by atoms with van der Waals surface area (Å²) in [4.78, 5) is 0. The number of fused-ring (bicyclic) bond motifs is 2. The molecule has 2 aliphatic carbocycles. The Labute approximate surface area is 123 Å². The average Bonchev–Trinajstić information content (AvgIpc) is 3.18. The summed E-state index contributed by atoms with van der Waals surface area (Å²) < 4.78 is 2.05. The van der Waals surface area contributed by atoms with Crippen LogP contribution in [0.25, 0.3) is 0 Å². The maximum absolute atomic E-state index is 4.43. The zero-order valence-corrected chi connectivity index (χ0v) is 13.0. The Morgan fingerprint density at radius 1 is 1.35 bits per heavy atom. The maximum atomic E-state index is 4.43. The summed E-state index contributed by atoms with van der Waals surface area (Å²) in [6, 6.07) is 0.666. The van der Waals surface area contributed by atoms with E-state index >= 15 is 0 Å². The standard InChI is InChI=1S/C17H29N3/c1-3-7-18-17(10-14-11-19-20(4-2)12-14)16-9-13-5-6-15(16)8-13/h11-13,15-18H,3-10H2,1-2H3. The summed E-state index contributed by atoms with van der Waals surface area (Å²) in [5, 5.41) is 8.27. The Morgan fingerprint density at radius 2 is 2.25 bits per heavy atom. The van der Waals surface area contributed by atoms with Crippen molar-refractivity contribution in [3.05, 3.63) is 18.0 Å². The Kier molecular flexibility index (Phi) is 4.45. The summed E-state index contributed by atoms with van der Waals surface area (Å²) in [6.07, 6.45) is 12.6. The van der Waals surface area contributed by atoms with E-state index < -0.39 is 0 Å². The van der Waals surface area contributed by atoms with Gasteiger partial charge in [0, 0.05) is 18.8 Å². The molecule has 1 N–H and O–H groups in total. The van der Waals surface area contributed by atoms with Crippen LogP contribution in [0.1, 0.15) is 51.5 Å². The molecule has 2 aliphatic rings. The van der Waals surface area contributed by atoms with E-state index in [2.05, 4.69) is 36.7 Å². The van der Waals surface area contributed by atoms with Crippen molar-refractivity contribution in [2.45, 2.75) is 65.0 Å². The molecule has 0 spiro atoms. The molecule has 4 unspecified atom stereocenters. The van der Waals surface area contributed by atoms with Gasteiger partial charge in [0.05, 0.1) is 6.20 Å². The third kappa shape index (κ3) is 2.93. The first-order valence-corrected chi connectivity index (χ1v) is 8.54. The second kappa shape index (κ2) is 6.30. The smallest absolute Gasteiger partial charge is 0.0522 e. The number of hydrogen-bond acceptors (Lipinski definition) is 2. The summed E-state index contributed by atoms with van der Waals surface area (Å²) in [5.41, 5.74) is 1.41. The van der Waals surface area contributed by atoms with Gasteiger partial charge in [-0.25, -0.2) is 0 Å². The Hall–Kier alpha value is -0.830. The van der Waals surface area contributed by atoms with Gasteiger partial charge in [-0.05, 0) is 68.9 Å². The number of rotatable bonds is 7. The van der Waals surface area contributed by atoms with Crippen LogP contribution >= 0.6 is 0 Å². The zero-order valence-electron chi connectivity index (χ0n) is 13.0. The number of nitrogens with one attached hydrogen (secondary N) is 1. The van der Waals surface area contributed by atoms with Crippen molar-refractivity contribution in [2.24, 2.45) is 17.8 Å². The highest BCUT2D eigenvalue weighted by atomic mass is 15.3. The Bertz CT molecular complexity index is 426. The molecule has 2 fully saturated rings. The topological polar surface area (TPSA) is 29.9 Å². The lowest BCUT2D eigenvalue weighted by Gasteiger charge is -2.31. The summed E-state index contributed by atoms with van der Waals surface area (Å²) >= 11 is 0. The molecule has 3 nitrogen and oxygen atoms in total. The van der Waals surface area contributed by atoms with Gasteiger partial charge in [0.25, 0.3) is 0 Å². The van der Waals surface area contributed by atoms with Crippen LogP contribution in [0.2, 0.25) is 0 Å².